The zero-order valence-electron chi connectivity index (χ0n) is 8.88. The first-order valence-electron chi connectivity index (χ1n) is 4.93. The van der Waals surface area contributed by atoms with Crippen LogP contribution in [-0.4, -0.2) is 38.0 Å². The van der Waals surface area contributed by atoms with Gasteiger partial charge in [0.1, 0.15) is 0 Å². The van der Waals surface area contributed by atoms with Crippen molar-refractivity contribution in [1.82, 2.24) is 0 Å². The van der Waals surface area contributed by atoms with E-state index >= 15 is 0 Å². The van der Waals surface area contributed by atoms with E-state index in [0.29, 0.717) is 26.4 Å². The van der Waals surface area contributed by atoms with Gasteiger partial charge in [0.15, 0.2) is 0 Å². The Balaban J connectivity index is 3.50. The fourth-order valence-electron chi connectivity index (χ4n) is 0.897. The molecule has 0 aliphatic rings. The molecule has 0 rings (SSSR count). The maximum absolute atomic E-state index is 11.1. The lowest BCUT2D eigenvalue weighted by molar-refractivity contribution is -0.137. The summed E-state index contributed by atoms with van der Waals surface area (Å²) in [6, 6.07) is 0. The average Bonchev–Trinajstić information content (AvgIpc) is 2.18. The molecule has 0 spiro atoms. The van der Waals surface area contributed by atoms with Crippen LogP contribution in [-0.2, 0) is 19.1 Å². The second-order valence-corrected chi connectivity index (χ2v) is 2.74. The predicted octanol–water partition coefficient (Wildman–Crippen LogP) is 0.978. The van der Waals surface area contributed by atoms with Gasteiger partial charge in [0.25, 0.3) is 0 Å². The van der Waals surface area contributed by atoms with Gasteiger partial charge in [-0.2, -0.15) is 0 Å². The van der Waals surface area contributed by atoms with E-state index in [0.717, 1.165) is 0 Å². The Kier molecular flexibility index (Phi) is 8.37. The fourth-order valence-corrected chi connectivity index (χ4v) is 0.897. The van der Waals surface area contributed by atoms with E-state index in [2.05, 4.69) is 0 Å². The summed E-state index contributed by atoms with van der Waals surface area (Å²) in [6.45, 7) is 5.50. The Hall–Kier alpha value is -0.740. The zero-order valence-corrected chi connectivity index (χ0v) is 8.88. The van der Waals surface area contributed by atoms with Gasteiger partial charge < -0.3 is 9.47 Å². The van der Waals surface area contributed by atoms with Gasteiger partial charge in [-0.05, 0) is 13.8 Å². The summed E-state index contributed by atoms with van der Waals surface area (Å²) in [4.78, 5) is 22.3. The van der Waals surface area contributed by atoms with Crippen molar-refractivity contribution in [3.8, 4) is 0 Å². The van der Waals surface area contributed by atoms with Gasteiger partial charge in [0, 0.05) is 26.1 Å². The van der Waals surface area contributed by atoms with Crippen LogP contribution in [0.3, 0.4) is 0 Å². The minimum absolute atomic E-state index is 0.179. The topological polar surface area (TPSA) is 52.6 Å². The van der Waals surface area contributed by atoms with Crippen LogP contribution in [0.5, 0.6) is 0 Å². The molecule has 0 aromatic carbocycles. The molecule has 0 saturated carbocycles. The molecule has 0 heterocycles. The van der Waals surface area contributed by atoms with E-state index in [-0.39, 0.29) is 24.4 Å². The molecule has 4 heteroatoms. The van der Waals surface area contributed by atoms with Crippen molar-refractivity contribution in [3.05, 3.63) is 0 Å². The van der Waals surface area contributed by atoms with Crippen molar-refractivity contribution in [3.63, 3.8) is 0 Å². The number of Topliss-reactive ketones (excluding diaryl/α,β-unsaturated/α-hetero) is 2. The third-order valence-electron chi connectivity index (χ3n) is 1.67. The van der Waals surface area contributed by atoms with Crippen molar-refractivity contribution in [2.45, 2.75) is 26.7 Å². The summed E-state index contributed by atoms with van der Waals surface area (Å²) >= 11 is 0. The second-order valence-electron chi connectivity index (χ2n) is 2.74. The van der Waals surface area contributed by atoms with E-state index < -0.39 is 0 Å². The third kappa shape index (κ3) is 6.74. The van der Waals surface area contributed by atoms with E-state index in [9.17, 15) is 9.59 Å². The quantitative estimate of drug-likeness (QED) is 0.413. The van der Waals surface area contributed by atoms with E-state index in [4.69, 9.17) is 9.47 Å². The molecule has 0 N–H and O–H groups in total. The second kappa shape index (κ2) is 8.84. The predicted molar refractivity (Wildman–Crippen MR) is 52.2 cm³/mol. The summed E-state index contributed by atoms with van der Waals surface area (Å²) in [5, 5.41) is 0. The minimum atomic E-state index is -0.363. The molecule has 0 amide bonds. The van der Waals surface area contributed by atoms with E-state index in [1.165, 1.54) is 0 Å². The number of ether oxygens (including phenoxy) is 2. The number of rotatable bonds is 9. The molecule has 4 nitrogen and oxygen atoms in total. The van der Waals surface area contributed by atoms with Crippen molar-refractivity contribution in [2.24, 2.45) is 0 Å². The van der Waals surface area contributed by atoms with Gasteiger partial charge in [-0.1, -0.05) is 0 Å². The molecule has 0 saturated heterocycles. The zero-order chi connectivity index (χ0) is 10.8. The fraction of sp³-hybridized carbons (Fsp3) is 0.800. The average molecular weight is 202 g/mol. The molecule has 0 aromatic heterocycles. The van der Waals surface area contributed by atoms with Gasteiger partial charge in [-0.3, -0.25) is 9.59 Å². The molecule has 0 aliphatic heterocycles. The highest BCUT2D eigenvalue weighted by molar-refractivity contribution is 6.37. The smallest absolute Gasteiger partial charge is 0.200 e. The largest absolute Gasteiger partial charge is 0.381 e. The van der Waals surface area contributed by atoms with Crippen LogP contribution >= 0.6 is 0 Å². The maximum atomic E-state index is 11.1. The molecule has 0 fully saturated rings. The van der Waals surface area contributed by atoms with Gasteiger partial charge in [0.05, 0.1) is 13.2 Å². The number of ketones is 2. The first-order chi connectivity index (χ1) is 6.72. The van der Waals surface area contributed by atoms with Crippen LogP contribution in [0.1, 0.15) is 26.7 Å². The van der Waals surface area contributed by atoms with Crippen molar-refractivity contribution in [1.29, 1.82) is 0 Å². The molecule has 14 heavy (non-hydrogen) atoms. The minimum Gasteiger partial charge on any atom is -0.381 e. The number of hydrogen-bond acceptors (Lipinski definition) is 4. The number of hydrogen-bond donors (Lipinski definition) is 0. The van der Waals surface area contributed by atoms with Crippen LogP contribution in [0.2, 0.25) is 0 Å². The van der Waals surface area contributed by atoms with E-state index in [1.807, 2.05) is 13.8 Å². The third-order valence-corrected chi connectivity index (χ3v) is 1.67. The summed E-state index contributed by atoms with van der Waals surface area (Å²) < 4.78 is 9.95. The standard InChI is InChI=1S/C10H18O4/c1-3-13-7-5-9(11)10(12)6-8-14-4-2/h3-8H2,1-2H3. The molecular weight excluding hydrogens is 184 g/mol. The maximum Gasteiger partial charge on any atom is 0.200 e. The van der Waals surface area contributed by atoms with Gasteiger partial charge in [-0.15, -0.1) is 0 Å². The van der Waals surface area contributed by atoms with Crippen LogP contribution in [0.15, 0.2) is 0 Å². The molecule has 82 valence electrons. The van der Waals surface area contributed by atoms with Gasteiger partial charge >= 0.3 is 0 Å². The molecule has 0 aliphatic carbocycles. The van der Waals surface area contributed by atoms with Crippen molar-refractivity contribution in [2.75, 3.05) is 26.4 Å². The van der Waals surface area contributed by atoms with Crippen LogP contribution in [0, 0.1) is 0 Å². The Morgan fingerprint density at radius 1 is 0.857 bits per heavy atom. The lowest BCUT2D eigenvalue weighted by Crippen LogP contribution is -2.17. The lowest BCUT2D eigenvalue weighted by atomic mass is 10.1. The summed E-state index contributed by atoms with van der Waals surface area (Å²) in [6.07, 6.45) is 0.359. The molecule has 0 atom stereocenters. The molecule has 0 unspecified atom stereocenters. The van der Waals surface area contributed by atoms with Crippen LogP contribution in [0.4, 0.5) is 0 Å². The van der Waals surface area contributed by atoms with Gasteiger partial charge in [0.2, 0.25) is 11.6 Å². The van der Waals surface area contributed by atoms with E-state index in [1.54, 1.807) is 0 Å². The summed E-state index contributed by atoms with van der Waals surface area (Å²) in [5.41, 5.74) is 0. The van der Waals surface area contributed by atoms with Crippen molar-refractivity contribution >= 4 is 11.6 Å². The molecular formula is C10H18O4. The Labute approximate surface area is 84.6 Å². The number of carbonyl (C=O) groups is 2. The molecule has 0 aromatic rings. The Bertz CT molecular complexity index is 157. The monoisotopic (exact) mass is 202 g/mol. The lowest BCUT2D eigenvalue weighted by Gasteiger charge is -2.01. The van der Waals surface area contributed by atoms with Gasteiger partial charge in [-0.25, -0.2) is 0 Å². The first-order valence-corrected chi connectivity index (χ1v) is 4.93. The highest BCUT2D eigenvalue weighted by Gasteiger charge is 2.12. The Morgan fingerprint density at radius 3 is 1.50 bits per heavy atom. The number of carbonyl (C=O) groups excluding carboxylic acids is 2. The highest BCUT2D eigenvalue weighted by Crippen LogP contribution is 1.93. The first kappa shape index (κ1) is 13.3. The Morgan fingerprint density at radius 2 is 1.21 bits per heavy atom. The normalized spacial score (nSPS) is 10.1. The molecule has 0 radical (unpaired) electrons. The summed E-state index contributed by atoms with van der Waals surface area (Å²) in [7, 11) is 0. The van der Waals surface area contributed by atoms with Crippen LogP contribution in [0.25, 0.3) is 0 Å². The summed E-state index contributed by atoms with van der Waals surface area (Å²) in [5.74, 6) is -0.726. The molecule has 0 bridgehead atoms. The SMILES string of the molecule is CCOCCC(=O)C(=O)CCOCC. The van der Waals surface area contributed by atoms with Crippen LogP contribution < -0.4 is 0 Å². The highest BCUT2D eigenvalue weighted by atomic mass is 16.5. The van der Waals surface area contributed by atoms with Crippen molar-refractivity contribution < 1.29 is 19.1 Å².